The molecule has 15 heavy (non-hydrogen) atoms. The molecule has 1 aliphatic heterocycles. The van der Waals surface area contributed by atoms with E-state index in [9.17, 15) is 4.55 Å². The first-order valence-corrected chi connectivity index (χ1v) is 6.54. The third-order valence-electron chi connectivity index (χ3n) is 2.35. The molecule has 1 rings (SSSR count). The van der Waals surface area contributed by atoms with E-state index in [0.29, 0.717) is 0 Å². The van der Waals surface area contributed by atoms with Crippen molar-refractivity contribution < 1.29 is 9.29 Å². The summed E-state index contributed by atoms with van der Waals surface area (Å²) in [6.07, 6.45) is 4.86. The number of hydrogen-bond donors (Lipinski definition) is 1. The van der Waals surface area contributed by atoms with Gasteiger partial charge in [0.25, 0.3) is 0 Å². The lowest BCUT2D eigenvalue weighted by atomic mass is 10.1. The third kappa shape index (κ3) is 4.15. The van der Waals surface area contributed by atoms with E-state index >= 15 is 0 Å². The zero-order valence-corrected chi connectivity index (χ0v) is 10.6. The molecule has 0 amide bonds. The van der Waals surface area contributed by atoms with E-state index in [-0.39, 0.29) is 17.1 Å². The lowest BCUT2D eigenvalue weighted by Crippen LogP contribution is -2.47. The molecule has 0 spiro atoms. The fraction of sp³-hybridized carbons (Fsp3) is 0.818. The fourth-order valence-electron chi connectivity index (χ4n) is 1.41. The predicted molar refractivity (Wildman–Crippen MR) is 63.7 cm³/mol. The van der Waals surface area contributed by atoms with Crippen LogP contribution in [0, 0.1) is 0 Å². The van der Waals surface area contributed by atoms with Crippen molar-refractivity contribution in [3.05, 3.63) is 12.7 Å². The highest BCUT2D eigenvalue weighted by Gasteiger charge is 2.31. The average molecular weight is 231 g/mol. The molecule has 3 unspecified atom stereocenters. The van der Waals surface area contributed by atoms with Gasteiger partial charge in [-0.3, -0.25) is 0 Å². The van der Waals surface area contributed by atoms with Crippen molar-refractivity contribution in [3.8, 4) is 0 Å². The molecule has 1 saturated heterocycles. The summed E-state index contributed by atoms with van der Waals surface area (Å²) in [5, 5.41) is 0. The fourth-order valence-corrected chi connectivity index (χ4v) is 2.17. The second kappa shape index (κ2) is 5.34. The molecule has 0 aromatic carbocycles. The van der Waals surface area contributed by atoms with Crippen molar-refractivity contribution in [3.63, 3.8) is 0 Å². The van der Waals surface area contributed by atoms with Crippen LogP contribution in [-0.4, -0.2) is 21.6 Å². The molecule has 1 aliphatic rings. The molecule has 0 bridgehead atoms. The maximum absolute atomic E-state index is 11.8. The zero-order valence-electron chi connectivity index (χ0n) is 9.79. The van der Waals surface area contributed by atoms with Gasteiger partial charge < -0.3 is 9.29 Å². The Bertz CT molecular complexity index is 215. The van der Waals surface area contributed by atoms with Crippen molar-refractivity contribution in [2.75, 3.05) is 0 Å². The summed E-state index contributed by atoms with van der Waals surface area (Å²) in [4.78, 5) is 0. The Kier molecular flexibility index (Phi) is 4.64. The molecule has 0 aliphatic carbocycles. The average Bonchev–Trinajstić information content (AvgIpc) is 2.16. The third-order valence-corrected chi connectivity index (χ3v) is 3.94. The number of hydrogen-bond acceptors (Lipinski definition) is 3. The van der Waals surface area contributed by atoms with Crippen molar-refractivity contribution >= 4 is 11.4 Å². The molecular weight excluding hydrogens is 210 g/mol. The summed E-state index contributed by atoms with van der Waals surface area (Å²) in [7, 11) is 0. The first kappa shape index (κ1) is 13.0. The van der Waals surface area contributed by atoms with Crippen molar-refractivity contribution in [1.82, 2.24) is 4.72 Å². The maximum Gasteiger partial charge on any atom is 0.150 e. The second-order valence-electron chi connectivity index (χ2n) is 4.83. The van der Waals surface area contributed by atoms with Crippen molar-refractivity contribution in [1.29, 1.82) is 0 Å². The molecule has 88 valence electrons. The smallest absolute Gasteiger partial charge is 0.150 e. The Labute approximate surface area is 95.6 Å². The van der Waals surface area contributed by atoms with Gasteiger partial charge in [-0.15, -0.1) is 11.3 Å². The van der Waals surface area contributed by atoms with Gasteiger partial charge in [-0.1, -0.05) is 6.08 Å². The highest BCUT2D eigenvalue weighted by Crippen LogP contribution is 2.21. The van der Waals surface area contributed by atoms with E-state index in [1.54, 1.807) is 0 Å². The summed E-state index contributed by atoms with van der Waals surface area (Å²) < 4.78 is 20.3. The van der Waals surface area contributed by atoms with Crippen LogP contribution < -0.4 is 4.72 Å². The number of nitrogens with one attached hydrogen (secondary N) is 1. The van der Waals surface area contributed by atoms with Crippen LogP contribution in [0.15, 0.2) is 12.7 Å². The molecule has 4 heteroatoms. The molecule has 3 atom stereocenters. The van der Waals surface area contributed by atoms with Crippen LogP contribution in [0.3, 0.4) is 0 Å². The first-order valence-electron chi connectivity index (χ1n) is 5.39. The summed E-state index contributed by atoms with van der Waals surface area (Å²) in [6, 6.07) is 0. The van der Waals surface area contributed by atoms with Gasteiger partial charge >= 0.3 is 0 Å². The topological polar surface area (TPSA) is 44.3 Å². The molecule has 0 saturated carbocycles. The summed E-state index contributed by atoms with van der Waals surface area (Å²) in [5.74, 6) is 0. The molecule has 1 N–H and O–H groups in total. The van der Waals surface area contributed by atoms with Crippen LogP contribution in [0.25, 0.3) is 0 Å². The van der Waals surface area contributed by atoms with E-state index < -0.39 is 11.4 Å². The molecule has 1 fully saturated rings. The Hall–Kier alpha value is -0.0300. The summed E-state index contributed by atoms with van der Waals surface area (Å²) >= 11 is -1.06. The van der Waals surface area contributed by atoms with Crippen LogP contribution >= 0.6 is 0 Å². The highest BCUT2D eigenvalue weighted by molar-refractivity contribution is 7.90. The van der Waals surface area contributed by atoms with E-state index in [1.807, 2.05) is 26.8 Å². The minimum absolute atomic E-state index is 0.0955. The molecule has 1 heterocycles. The Balaban J connectivity index is 2.41. The molecule has 0 aromatic heterocycles. The SMILES string of the molecule is C=CC1CCCC(N[S+]([O-])C(C)(C)C)O1. The van der Waals surface area contributed by atoms with Gasteiger partial charge in [-0.2, -0.15) is 0 Å². The van der Waals surface area contributed by atoms with E-state index in [2.05, 4.69) is 11.3 Å². The monoisotopic (exact) mass is 231 g/mol. The minimum Gasteiger partial charge on any atom is -0.598 e. The highest BCUT2D eigenvalue weighted by atomic mass is 32.2. The van der Waals surface area contributed by atoms with Gasteiger partial charge in [0.05, 0.1) is 6.10 Å². The summed E-state index contributed by atoms with van der Waals surface area (Å²) in [6.45, 7) is 9.56. The standard InChI is InChI=1S/C11H21NO2S/c1-5-9-7-6-8-10(14-9)12-15(13)11(2,3)4/h5,9-10,12H,1,6-8H2,2-4H3. The van der Waals surface area contributed by atoms with E-state index in [1.165, 1.54) is 0 Å². The number of ether oxygens (including phenoxy) is 1. The molecule has 0 radical (unpaired) electrons. The Morgan fingerprint density at radius 2 is 2.13 bits per heavy atom. The van der Waals surface area contributed by atoms with Gasteiger partial charge in [-0.05, 0) is 40.0 Å². The minimum atomic E-state index is -1.06. The number of rotatable bonds is 3. The largest absolute Gasteiger partial charge is 0.598 e. The van der Waals surface area contributed by atoms with Gasteiger partial charge in [0.2, 0.25) is 0 Å². The predicted octanol–water partition coefficient (Wildman–Crippen LogP) is 2.12. The van der Waals surface area contributed by atoms with Gasteiger partial charge in [0.1, 0.15) is 4.75 Å². The van der Waals surface area contributed by atoms with Crippen molar-refractivity contribution in [2.24, 2.45) is 0 Å². The van der Waals surface area contributed by atoms with Crippen LogP contribution in [0.5, 0.6) is 0 Å². The van der Waals surface area contributed by atoms with E-state index in [4.69, 9.17) is 4.74 Å². The van der Waals surface area contributed by atoms with Crippen LogP contribution in [0.2, 0.25) is 0 Å². The quantitative estimate of drug-likeness (QED) is 0.597. The van der Waals surface area contributed by atoms with Gasteiger partial charge in [0, 0.05) is 11.4 Å². The van der Waals surface area contributed by atoms with E-state index in [0.717, 1.165) is 19.3 Å². The van der Waals surface area contributed by atoms with Gasteiger partial charge in [0.15, 0.2) is 6.23 Å². The maximum atomic E-state index is 11.8. The normalized spacial score (nSPS) is 29.9. The molecule has 0 aromatic rings. The second-order valence-corrected chi connectivity index (χ2v) is 6.83. The first-order chi connectivity index (χ1) is 6.93. The zero-order chi connectivity index (χ0) is 11.5. The molecular formula is C11H21NO2S. The van der Waals surface area contributed by atoms with Gasteiger partial charge in [-0.25, -0.2) is 0 Å². The summed E-state index contributed by atoms with van der Waals surface area (Å²) in [5.41, 5.74) is 0. The lowest BCUT2D eigenvalue weighted by molar-refractivity contribution is -0.0306. The van der Waals surface area contributed by atoms with Crippen LogP contribution in [0.1, 0.15) is 40.0 Å². The Morgan fingerprint density at radius 1 is 1.47 bits per heavy atom. The van der Waals surface area contributed by atoms with Crippen LogP contribution in [0.4, 0.5) is 0 Å². The lowest BCUT2D eigenvalue weighted by Gasteiger charge is -2.32. The Morgan fingerprint density at radius 3 is 2.67 bits per heavy atom. The van der Waals surface area contributed by atoms with Crippen LogP contribution in [-0.2, 0) is 16.1 Å². The molecule has 3 nitrogen and oxygen atoms in total. The van der Waals surface area contributed by atoms with Crippen molar-refractivity contribution in [2.45, 2.75) is 57.1 Å².